The Morgan fingerprint density at radius 3 is 2.32 bits per heavy atom. The standard InChI is InChI=1S/C24H17Cl3N4/c25-17-9-6-15(7-10-17)22-13-23(29-28-22)19-14-31(18-4-2-1-3-5-18)30-24(19)16-8-11-20(26)21(27)12-16/h1-12,14,23,29H,13H2. The second-order valence-corrected chi connectivity index (χ2v) is 8.54. The number of hydrogen-bond donors (Lipinski definition) is 1. The molecule has 1 aromatic heterocycles. The van der Waals surface area contributed by atoms with E-state index >= 15 is 0 Å². The van der Waals surface area contributed by atoms with Crippen molar-refractivity contribution < 1.29 is 0 Å². The van der Waals surface area contributed by atoms with Crippen LogP contribution >= 0.6 is 34.8 Å². The van der Waals surface area contributed by atoms with E-state index in [4.69, 9.17) is 39.9 Å². The van der Waals surface area contributed by atoms with E-state index in [1.807, 2.05) is 77.6 Å². The number of hydrazone groups is 1. The van der Waals surface area contributed by atoms with Crippen LogP contribution in [0.5, 0.6) is 0 Å². The number of benzene rings is 3. The van der Waals surface area contributed by atoms with Crippen LogP contribution < -0.4 is 5.43 Å². The van der Waals surface area contributed by atoms with Gasteiger partial charge in [0.2, 0.25) is 0 Å². The second-order valence-electron chi connectivity index (χ2n) is 7.29. The van der Waals surface area contributed by atoms with Gasteiger partial charge in [0.1, 0.15) is 0 Å². The Morgan fingerprint density at radius 1 is 0.839 bits per heavy atom. The summed E-state index contributed by atoms with van der Waals surface area (Å²) in [6, 6.07) is 23.3. The minimum atomic E-state index is -0.0207. The molecule has 154 valence electrons. The maximum Gasteiger partial charge on any atom is 0.0981 e. The van der Waals surface area contributed by atoms with Crippen LogP contribution in [0.15, 0.2) is 84.1 Å². The van der Waals surface area contributed by atoms with Gasteiger partial charge in [0, 0.05) is 28.8 Å². The molecule has 1 N–H and O–H groups in total. The van der Waals surface area contributed by atoms with E-state index in [2.05, 4.69) is 10.5 Å². The molecular weight excluding hydrogens is 451 g/mol. The van der Waals surface area contributed by atoms with Gasteiger partial charge >= 0.3 is 0 Å². The van der Waals surface area contributed by atoms with Gasteiger partial charge in [0.25, 0.3) is 0 Å². The topological polar surface area (TPSA) is 42.2 Å². The molecule has 0 spiro atoms. The SMILES string of the molecule is Clc1ccc(C2=NNC(c3cn(-c4ccccc4)nc3-c3ccc(Cl)c(Cl)c3)C2)cc1. The molecule has 0 bridgehead atoms. The minimum absolute atomic E-state index is 0.0207. The minimum Gasteiger partial charge on any atom is -0.302 e. The van der Waals surface area contributed by atoms with Crippen molar-refractivity contribution in [1.82, 2.24) is 15.2 Å². The molecule has 2 heterocycles. The Labute approximate surface area is 195 Å². The summed E-state index contributed by atoms with van der Waals surface area (Å²) in [5, 5.41) is 11.2. The molecule has 1 atom stereocenters. The number of halogens is 3. The van der Waals surface area contributed by atoms with E-state index in [0.717, 1.165) is 40.2 Å². The van der Waals surface area contributed by atoms with Crippen molar-refractivity contribution in [3.8, 4) is 16.9 Å². The zero-order valence-electron chi connectivity index (χ0n) is 16.3. The molecule has 0 aliphatic carbocycles. The lowest BCUT2D eigenvalue weighted by atomic mass is 9.97. The maximum atomic E-state index is 6.30. The average Bonchev–Trinajstić information content (AvgIpc) is 3.44. The molecule has 0 saturated carbocycles. The summed E-state index contributed by atoms with van der Waals surface area (Å²) in [6.45, 7) is 0. The van der Waals surface area contributed by atoms with Crippen LogP contribution in [0.1, 0.15) is 23.6 Å². The molecule has 7 heteroatoms. The van der Waals surface area contributed by atoms with Crippen molar-refractivity contribution in [2.24, 2.45) is 5.10 Å². The number of rotatable bonds is 4. The van der Waals surface area contributed by atoms with Crippen LogP contribution in [0.4, 0.5) is 0 Å². The number of para-hydroxylation sites is 1. The molecule has 4 aromatic rings. The molecule has 1 unspecified atom stereocenters. The fraction of sp³-hybridized carbons (Fsp3) is 0.0833. The first kappa shape index (κ1) is 20.1. The molecule has 0 saturated heterocycles. The summed E-state index contributed by atoms with van der Waals surface area (Å²) in [5.74, 6) is 0. The van der Waals surface area contributed by atoms with E-state index in [1.165, 1.54) is 0 Å². The molecule has 0 fully saturated rings. The van der Waals surface area contributed by atoms with Gasteiger partial charge in [-0.1, -0.05) is 71.2 Å². The van der Waals surface area contributed by atoms with Crippen molar-refractivity contribution in [1.29, 1.82) is 0 Å². The molecule has 4 nitrogen and oxygen atoms in total. The van der Waals surface area contributed by atoms with E-state index in [0.29, 0.717) is 15.1 Å². The summed E-state index contributed by atoms with van der Waals surface area (Å²) in [7, 11) is 0. The van der Waals surface area contributed by atoms with Gasteiger partial charge in [-0.25, -0.2) is 4.68 Å². The van der Waals surface area contributed by atoms with Crippen molar-refractivity contribution >= 4 is 40.5 Å². The first-order valence-electron chi connectivity index (χ1n) is 9.77. The van der Waals surface area contributed by atoms with Gasteiger partial charge in [0.05, 0.1) is 33.2 Å². The van der Waals surface area contributed by atoms with Gasteiger partial charge in [-0.05, 0) is 42.0 Å². The summed E-state index contributed by atoms with van der Waals surface area (Å²) < 4.78 is 1.88. The monoisotopic (exact) mass is 466 g/mol. The Hall–Kier alpha value is -2.79. The Morgan fingerprint density at radius 2 is 1.58 bits per heavy atom. The molecule has 3 aromatic carbocycles. The Bertz CT molecular complexity index is 1260. The van der Waals surface area contributed by atoms with Crippen LogP contribution in [0.3, 0.4) is 0 Å². The van der Waals surface area contributed by atoms with Crippen molar-refractivity contribution in [2.75, 3.05) is 0 Å². The second kappa shape index (κ2) is 8.39. The number of nitrogens with one attached hydrogen (secondary N) is 1. The molecule has 5 rings (SSSR count). The molecule has 31 heavy (non-hydrogen) atoms. The lowest BCUT2D eigenvalue weighted by Crippen LogP contribution is -2.10. The van der Waals surface area contributed by atoms with E-state index in [9.17, 15) is 0 Å². The van der Waals surface area contributed by atoms with Crippen LogP contribution in [0.2, 0.25) is 15.1 Å². The summed E-state index contributed by atoms with van der Waals surface area (Å²) in [4.78, 5) is 0. The first-order valence-corrected chi connectivity index (χ1v) is 10.9. The van der Waals surface area contributed by atoms with Crippen molar-refractivity contribution in [3.05, 3.63) is 105 Å². The van der Waals surface area contributed by atoms with Crippen LogP contribution in [0, 0.1) is 0 Å². The predicted molar refractivity (Wildman–Crippen MR) is 128 cm³/mol. The van der Waals surface area contributed by atoms with Crippen LogP contribution in [-0.4, -0.2) is 15.5 Å². The number of aromatic nitrogens is 2. The third-order valence-electron chi connectivity index (χ3n) is 5.26. The van der Waals surface area contributed by atoms with Crippen molar-refractivity contribution in [2.45, 2.75) is 12.5 Å². The molecule has 1 aliphatic heterocycles. The van der Waals surface area contributed by atoms with E-state index in [1.54, 1.807) is 6.07 Å². The fourth-order valence-corrected chi connectivity index (χ4v) is 4.09. The molecular formula is C24H17Cl3N4. The average molecular weight is 468 g/mol. The quantitative estimate of drug-likeness (QED) is 0.353. The predicted octanol–water partition coefficient (Wildman–Crippen LogP) is 6.94. The highest BCUT2D eigenvalue weighted by atomic mass is 35.5. The summed E-state index contributed by atoms with van der Waals surface area (Å²) >= 11 is 18.5. The van der Waals surface area contributed by atoms with Gasteiger partial charge in [-0.3, -0.25) is 0 Å². The highest BCUT2D eigenvalue weighted by molar-refractivity contribution is 6.42. The number of hydrogen-bond acceptors (Lipinski definition) is 3. The first-order chi connectivity index (χ1) is 15.1. The zero-order valence-corrected chi connectivity index (χ0v) is 18.5. The van der Waals surface area contributed by atoms with Crippen LogP contribution in [-0.2, 0) is 0 Å². The smallest absolute Gasteiger partial charge is 0.0981 e. The zero-order chi connectivity index (χ0) is 21.4. The highest BCUT2D eigenvalue weighted by Crippen LogP contribution is 2.35. The normalized spacial score (nSPS) is 15.6. The number of nitrogens with zero attached hydrogens (tertiary/aromatic N) is 3. The van der Waals surface area contributed by atoms with Gasteiger partial charge < -0.3 is 5.43 Å². The van der Waals surface area contributed by atoms with Gasteiger partial charge in [-0.2, -0.15) is 10.2 Å². The lowest BCUT2D eigenvalue weighted by molar-refractivity contribution is 0.621. The van der Waals surface area contributed by atoms with E-state index < -0.39 is 0 Å². The third-order valence-corrected chi connectivity index (χ3v) is 6.25. The van der Waals surface area contributed by atoms with Crippen molar-refractivity contribution in [3.63, 3.8) is 0 Å². The Kier molecular flexibility index (Phi) is 5.45. The summed E-state index contributed by atoms with van der Waals surface area (Å²) in [6.07, 6.45) is 2.78. The summed E-state index contributed by atoms with van der Waals surface area (Å²) in [5.41, 5.74) is 9.07. The van der Waals surface area contributed by atoms with Gasteiger partial charge in [0.15, 0.2) is 0 Å². The third kappa shape index (κ3) is 4.07. The maximum absolute atomic E-state index is 6.30. The lowest BCUT2D eigenvalue weighted by Gasteiger charge is -2.10. The molecule has 1 aliphatic rings. The van der Waals surface area contributed by atoms with E-state index in [-0.39, 0.29) is 6.04 Å². The van der Waals surface area contributed by atoms with Gasteiger partial charge in [-0.15, -0.1) is 0 Å². The molecule has 0 amide bonds. The fourth-order valence-electron chi connectivity index (χ4n) is 3.67. The largest absolute Gasteiger partial charge is 0.302 e. The molecule has 0 radical (unpaired) electrons. The van der Waals surface area contributed by atoms with Crippen LogP contribution in [0.25, 0.3) is 16.9 Å². The Balaban J connectivity index is 1.53. The highest BCUT2D eigenvalue weighted by Gasteiger charge is 2.27.